The molecule has 0 spiro atoms. The quantitative estimate of drug-likeness (QED) is 0.586. The average Bonchev–Trinajstić information content (AvgIpc) is 2.73. The number of rotatable bonds is 6. The van der Waals surface area contributed by atoms with E-state index in [2.05, 4.69) is 34.7 Å². The lowest BCUT2D eigenvalue weighted by atomic mass is 10.2. The van der Waals surface area contributed by atoms with Crippen molar-refractivity contribution in [1.29, 1.82) is 0 Å². The molecule has 0 fully saturated rings. The van der Waals surface area contributed by atoms with Crippen LogP contribution in [0, 0.1) is 0 Å². The van der Waals surface area contributed by atoms with Crippen LogP contribution in [0.4, 0.5) is 0 Å². The Labute approximate surface area is 101 Å². The van der Waals surface area contributed by atoms with Crippen LogP contribution in [0.2, 0.25) is 0 Å². The molecule has 17 heavy (non-hydrogen) atoms. The van der Waals surface area contributed by atoms with Crippen molar-refractivity contribution in [2.45, 2.75) is 12.6 Å². The van der Waals surface area contributed by atoms with Crippen LogP contribution < -0.4 is 5.32 Å². The van der Waals surface area contributed by atoms with Crippen molar-refractivity contribution in [3.63, 3.8) is 0 Å². The molecule has 0 unspecified atom stereocenters. The van der Waals surface area contributed by atoms with E-state index in [9.17, 15) is 5.11 Å². The van der Waals surface area contributed by atoms with Gasteiger partial charge < -0.3 is 15.0 Å². The zero-order valence-electron chi connectivity index (χ0n) is 9.84. The number of aliphatic hydroxyl groups excluding tert-OH is 1. The maximum absolute atomic E-state index is 9.89. The van der Waals surface area contributed by atoms with Crippen molar-refractivity contribution < 1.29 is 5.11 Å². The minimum Gasteiger partial charge on any atom is -0.390 e. The number of nitrogens with one attached hydrogen (secondary N) is 1. The minimum atomic E-state index is -0.384. The Balaban J connectivity index is 2.00. The highest BCUT2D eigenvalue weighted by Crippen LogP contribution is 2.15. The number of aliphatic hydroxyl groups is 1. The first-order valence-electron chi connectivity index (χ1n) is 5.85. The standard InChI is InChI=1S/C14H18N2O/c1-2-8-15-10-13(17)11-16-9-7-12-5-3-4-6-14(12)16/h2-7,9,13,15,17H,1,8,10-11H2/t13-/m0/s1. The van der Waals surface area contributed by atoms with Gasteiger partial charge in [-0.25, -0.2) is 0 Å². The summed E-state index contributed by atoms with van der Waals surface area (Å²) in [4.78, 5) is 0. The Bertz CT molecular complexity index is 490. The van der Waals surface area contributed by atoms with E-state index in [1.54, 1.807) is 6.08 Å². The summed E-state index contributed by atoms with van der Waals surface area (Å²) in [6.45, 7) is 5.54. The third kappa shape index (κ3) is 2.96. The predicted octanol–water partition coefficient (Wildman–Crippen LogP) is 1.78. The fraction of sp³-hybridized carbons (Fsp3) is 0.286. The number of para-hydroxylation sites is 1. The molecule has 0 aliphatic rings. The third-order valence-corrected chi connectivity index (χ3v) is 2.76. The molecule has 2 N–H and O–H groups in total. The number of nitrogens with zero attached hydrogens (tertiary/aromatic N) is 1. The van der Waals surface area contributed by atoms with Gasteiger partial charge in [0.05, 0.1) is 6.10 Å². The second-order valence-electron chi connectivity index (χ2n) is 4.13. The fourth-order valence-electron chi connectivity index (χ4n) is 1.94. The van der Waals surface area contributed by atoms with Crippen LogP contribution in [0.15, 0.2) is 49.2 Å². The Hall–Kier alpha value is -1.58. The monoisotopic (exact) mass is 230 g/mol. The van der Waals surface area contributed by atoms with Gasteiger partial charge in [-0.05, 0) is 17.5 Å². The Morgan fingerprint density at radius 3 is 3.00 bits per heavy atom. The van der Waals surface area contributed by atoms with Crippen molar-refractivity contribution in [1.82, 2.24) is 9.88 Å². The van der Waals surface area contributed by atoms with Crippen LogP contribution in [0.3, 0.4) is 0 Å². The zero-order valence-corrected chi connectivity index (χ0v) is 9.84. The van der Waals surface area contributed by atoms with Crippen molar-refractivity contribution in [2.75, 3.05) is 13.1 Å². The first kappa shape index (κ1) is 11.9. The van der Waals surface area contributed by atoms with E-state index in [0.29, 0.717) is 13.1 Å². The Kier molecular flexibility index (Phi) is 3.96. The summed E-state index contributed by atoms with van der Waals surface area (Å²) in [5, 5.41) is 14.2. The molecule has 0 amide bonds. The van der Waals surface area contributed by atoms with E-state index in [1.165, 1.54) is 5.39 Å². The summed E-state index contributed by atoms with van der Waals surface area (Å²) in [7, 11) is 0. The number of hydrogen-bond donors (Lipinski definition) is 2. The molecule has 1 aromatic heterocycles. The molecule has 0 radical (unpaired) electrons. The second kappa shape index (κ2) is 5.66. The van der Waals surface area contributed by atoms with Gasteiger partial charge in [-0.2, -0.15) is 0 Å². The summed E-state index contributed by atoms with van der Waals surface area (Å²) in [5.74, 6) is 0. The highest BCUT2D eigenvalue weighted by Gasteiger charge is 2.06. The largest absolute Gasteiger partial charge is 0.390 e. The van der Waals surface area contributed by atoms with Gasteiger partial charge in [0.1, 0.15) is 0 Å². The predicted molar refractivity (Wildman–Crippen MR) is 71.0 cm³/mol. The molecule has 90 valence electrons. The van der Waals surface area contributed by atoms with E-state index >= 15 is 0 Å². The molecule has 1 heterocycles. The smallest absolute Gasteiger partial charge is 0.0843 e. The molecule has 3 nitrogen and oxygen atoms in total. The zero-order chi connectivity index (χ0) is 12.1. The molecule has 2 rings (SSSR count). The van der Waals surface area contributed by atoms with E-state index in [4.69, 9.17) is 0 Å². The van der Waals surface area contributed by atoms with Gasteiger partial charge in [0.15, 0.2) is 0 Å². The van der Waals surface area contributed by atoms with Gasteiger partial charge in [0, 0.05) is 31.3 Å². The molecule has 0 aliphatic carbocycles. The van der Waals surface area contributed by atoms with Crippen LogP contribution >= 0.6 is 0 Å². The van der Waals surface area contributed by atoms with Crippen LogP contribution in [-0.4, -0.2) is 28.9 Å². The van der Waals surface area contributed by atoms with E-state index in [0.717, 1.165) is 12.1 Å². The maximum Gasteiger partial charge on any atom is 0.0843 e. The first-order chi connectivity index (χ1) is 8.31. The molecular weight excluding hydrogens is 212 g/mol. The van der Waals surface area contributed by atoms with E-state index in [1.807, 2.05) is 18.3 Å². The topological polar surface area (TPSA) is 37.2 Å². The minimum absolute atomic E-state index is 0.384. The SMILES string of the molecule is C=CCNC[C@H](O)Cn1ccc2ccccc21. The lowest BCUT2D eigenvalue weighted by Gasteiger charge is -2.13. The van der Waals surface area contributed by atoms with Gasteiger partial charge in [-0.3, -0.25) is 0 Å². The van der Waals surface area contributed by atoms with E-state index in [-0.39, 0.29) is 6.10 Å². The highest BCUT2D eigenvalue weighted by atomic mass is 16.3. The van der Waals surface area contributed by atoms with Crippen LogP contribution in [0.5, 0.6) is 0 Å². The Morgan fingerprint density at radius 1 is 1.35 bits per heavy atom. The first-order valence-corrected chi connectivity index (χ1v) is 5.85. The normalized spacial score (nSPS) is 12.8. The number of aromatic nitrogens is 1. The fourth-order valence-corrected chi connectivity index (χ4v) is 1.94. The highest BCUT2D eigenvalue weighted by molar-refractivity contribution is 5.79. The molecule has 0 aliphatic heterocycles. The average molecular weight is 230 g/mol. The summed E-state index contributed by atoms with van der Waals surface area (Å²) in [5.41, 5.74) is 1.16. The molecule has 1 atom stereocenters. The summed E-state index contributed by atoms with van der Waals surface area (Å²) < 4.78 is 2.08. The summed E-state index contributed by atoms with van der Waals surface area (Å²) in [6.07, 6.45) is 3.42. The molecule has 0 bridgehead atoms. The van der Waals surface area contributed by atoms with Gasteiger partial charge in [-0.15, -0.1) is 6.58 Å². The molecule has 0 saturated carbocycles. The second-order valence-corrected chi connectivity index (χ2v) is 4.13. The summed E-state index contributed by atoms with van der Waals surface area (Å²) in [6, 6.07) is 10.3. The van der Waals surface area contributed by atoms with Gasteiger partial charge in [0.2, 0.25) is 0 Å². The van der Waals surface area contributed by atoms with Crippen molar-refractivity contribution in [3.8, 4) is 0 Å². The van der Waals surface area contributed by atoms with Crippen molar-refractivity contribution in [2.24, 2.45) is 0 Å². The van der Waals surface area contributed by atoms with Gasteiger partial charge in [0.25, 0.3) is 0 Å². The number of hydrogen-bond acceptors (Lipinski definition) is 2. The lowest BCUT2D eigenvalue weighted by molar-refractivity contribution is 0.154. The number of benzene rings is 1. The molecule has 2 aromatic rings. The lowest BCUT2D eigenvalue weighted by Crippen LogP contribution is -2.30. The van der Waals surface area contributed by atoms with Gasteiger partial charge >= 0.3 is 0 Å². The van der Waals surface area contributed by atoms with E-state index < -0.39 is 0 Å². The molecular formula is C14H18N2O. The Morgan fingerprint density at radius 2 is 2.18 bits per heavy atom. The van der Waals surface area contributed by atoms with Crippen LogP contribution in [0.25, 0.3) is 10.9 Å². The van der Waals surface area contributed by atoms with Crippen LogP contribution in [0.1, 0.15) is 0 Å². The van der Waals surface area contributed by atoms with Crippen molar-refractivity contribution in [3.05, 3.63) is 49.2 Å². The van der Waals surface area contributed by atoms with Crippen LogP contribution in [-0.2, 0) is 6.54 Å². The number of fused-ring (bicyclic) bond motifs is 1. The molecule has 1 aromatic carbocycles. The van der Waals surface area contributed by atoms with Crippen molar-refractivity contribution >= 4 is 10.9 Å². The maximum atomic E-state index is 9.89. The molecule has 0 saturated heterocycles. The van der Waals surface area contributed by atoms with Gasteiger partial charge in [-0.1, -0.05) is 24.3 Å². The third-order valence-electron chi connectivity index (χ3n) is 2.76. The summed E-state index contributed by atoms with van der Waals surface area (Å²) >= 11 is 0. The molecule has 3 heteroatoms.